The first kappa shape index (κ1) is 22.7. The Morgan fingerprint density at radius 1 is 1.06 bits per heavy atom. The van der Waals surface area contributed by atoms with Gasteiger partial charge in [-0.3, -0.25) is 14.4 Å². The van der Waals surface area contributed by atoms with Gasteiger partial charge in [-0.2, -0.15) is 5.26 Å². The minimum Gasteiger partial charge on any atom is -0.497 e. The molecular weight excluding hydrogens is 430 g/mol. The van der Waals surface area contributed by atoms with Crippen molar-refractivity contribution >= 4 is 23.4 Å². The number of amides is 3. The average molecular weight is 453 g/mol. The van der Waals surface area contributed by atoms with Gasteiger partial charge < -0.3 is 9.64 Å². The highest BCUT2D eigenvalue weighted by atomic mass is 16.5. The van der Waals surface area contributed by atoms with Crippen LogP contribution in [0.25, 0.3) is 0 Å². The van der Waals surface area contributed by atoms with Crippen molar-refractivity contribution in [3.05, 3.63) is 95.6 Å². The van der Waals surface area contributed by atoms with Gasteiger partial charge >= 0.3 is 0 Å². The highest BCUT2D eigenvalue weighted by Gasteiger charge is 2.44. The summed E-state index contributed by atoms with van der Waals surface area (Å²) in [4.78, 5) is 42.4. The monoisotopic (exact) mass is 453 g/mol. The quantitative estimate of drug-likeness (QED) is 0.510. The zero-order chi connectivity index (χ0) is 24.1. The Hall–Kier alpha value is -4.44. The molecule has 1 atom stereocenters. The lowest BCUT2D eigenvalue weighted by atomic mass is 10.1. The first-order chi connectivity index (χ1) is 16.5. The average Bonchev–Trinajstić information content (AvgIpc) is 3.18. The van der Waals surface area contributed by atoms with Crippen LogP contribution in [0.15, 0.2) is 78.9 Å². The molecule has 1 saturated heterocycles. The van der Waals surface area contributed by atoms with E-state index in [0.717, 1.165) is 10.5 Å². The van der Waals surface area contributed by atoms with Crippen molar-refractivity contribution in [2.24, 2.45) is 0 Å². The number of methoxy groups -OCH3 is 1. The zero-order valence-corrected chi connectivity index (χ0v) is 18.7. The Bertz CT molecular complexity index is 1250. The number of rotatable bonds is 7. The molecule has 0 saturated carbocycles. The van der Waals surface area contributed by atoms with Crippen LogP contribution < -0.4 is 9.64 Å². The van der Waals surface area contributed by atoms with Crippen LogP contribution in [0.3, 0.4) is 0 Å². The summed E-state index contributed by atoms with van der Waals surface area (Å²) in [7, 11) is 1.52. The van der Waals surface area contributed by atoms with Crippen LogP contribution in [0.2, 0.25) is 0 Å². The van der Waals surface area contributed by atoms with E-state index in [1.165, 1.54) is 12.0 Å². The molecule has 34 heavy (non-hydrogen) atoms. The van der Waals surface area contributed by atoms with Crippen molar-refractivity contribution in [3.8, 4) is 11.8 Å². The van der Waals surface area contributed by atoms with Gasteiger partial charge in [0.25, 0.3) is 11.8 Å². The number of carbonyl (C=O) groups is 3. The van der Waals surface area contributed by atoms with Gasteiger partial charge in [-0.05, 0) is 54.4 Å². The van der Waals surface area contributed by atoms with Gasteiger partial charge in [0.1, 0.15) is 11.8 Å². The minimum absolute atomic E-state index is 0.108. The predicted molar refractivity (Wildman–Crippen MR) is 126 cm³/mol. The third-order valence-corrected chi connectivity index (χ3v) is 5.82. The Balaban J connectivity index is 1.64. The van der Waals surface area contributed by atoms with Gasteiger partial charge in [-0.25, -0.2) is 4.90 Å². The van der Waals surface area contributed by atoms with Crippen LogP contribution in [0.4, 0.5) is 5.69 Å². The molecule has 0 radical (unpaired) electrons. The number of benzene rings is 3. The van der Waals surface area contributed by atoms with E-state index < -0.39 is 11.9 Å². The molecule has 1 fully saturated rings. The SMILES string of the molecule is COc1cccc(C(=O)N(CCc2ccccc2)C2CC(=O)N(c3ccc(C#N)cc3)C2=O)c1. The van der Waals surface area contributed by atoms with Gasteiger partial charge in [-0.1, -0.05) is 36.4 Å². The lowest BCUT2D eigenvalue weighted by Gasteiger charge is -2.28. The summed E-state index contributed by atoms with van der Waals surface area (Å²) in [6, 6.07) is 23.7. The molecule has 1 aliphatic rings. The van der Waals surface area contributed by atoms with E-state index >= 15 is 0 Å². The minimum atomic E-state index is -0.925. The van der Waals surface area contributed by atoms with Crippen LogP contribution in [0.5, 0.6) is 5.75 Å². The fourth-order valence-corrected chi connectivity index (χ4v) is 4.03. The number of ether oxygens (including phenoxy) is 1. The van der Waals surface area contributed by atoms with E-state index in [1.54, 1.807) is 48.5 Å². The summed E-state index contributed by atoms with van der Waals surface area (Å²) in [5.74, 6) is -0.661. The van der Waals surface area contributed by atoms with Crippen molar-refractivity contribution in [2.75, 3.05) is 18.6 Å². The fraction of sp³-hybridized carbons (Fsp3) is 0.185. The van der Waals surface area contributed by atoms with Crippen LogP contribution >= 0.6 is 0 Å². The number of anilines is 1. The molecule has 1 unspecified atom stereocenters. The summed E-state index contributed by atoms with van der Waals surface area (Å²) in [5, 5.41) is 9.02. The van der Waals surface area contributed by atoms with Crippen molar-refractivity contribution in [2.45, 2.75) is 18.9 Å². The highest BCUT2D eigenvalue weighted by molar-refractivity contribution is 6.23. The van der Waals surface area contributed by atoms with E-state index in [0.29, 0.717) is 29.0 Å². The molecule has 0 N–H and O–H groups in total. The van der Waals surface area contributed by atoms with Gasteiger partial charge in [0.2, 0.25) is 5.91 Å². The maximum Gasteiger partial charge on any atom is 0.257 e. The molecule has 1 heterocycles. The maximum atomic E-state index is 13.6. The van der Waals surface area contributed by atoms with E-state index in [-0.39, 0.29) is 24.8 Å². The van der Waals surface area contributed by atoms with E-state index in [2.05, 4.69) is 0 Å². The molecule has 1 aliphatic heterocycles. The highest BCUT2D eigenvalue weighted by Crippen LogP contribution is 2.28. The summed E-state index contributed by atoms with van der Waals surface area (Å²) in [6.45, 7) is 0.269. The molecule has 7 nitrogen and oxygen atoms in total. The first-order valence-electron chi connectivity index (χ1n) is 10.9. The van der Waals surface area contributed by atoms with E-state index in [1.807, 2.05) is 36.4 Å². The number of hydrogen-bond donors (Lipinski definition) is 0. The number of carbonyl (C=O) groups excluding carboxylic acids is 3. The topological polar surface area (TPSA) is 90.7 Å². The predicted octanol–water partition coefficient (Wildman–Crippen LogP) is 3.58. The first-order valence-corrected chi connectivity index (χ1v) is 10.9. The second kappa shape index (κ2) is 10.0. The Morgan fingerprint density at radius 3 is 2.47 bits per heavy atom. The lowest BCUT2D eigenvalue weighted by Crippen LogP contribution is -2.46. The Kier molecular flexibility index (Phi) is 6.69. The summed E-state index contributed by atoms with van der Waals surface area (Å²) in [5.41, 5.74) is 2.21. The third kappa shape index (κ3) is 4.66. The Labute approximate surface area is 197 Å². The van der Waals surface area contributed by atoms with Gasteiger partial charge in [-0.15, -0.1) is 0 Å². The van der Waals surface area contributed by atoms with Crippen molar-refractivity contribution < 1.29 is 19.1 Å². The maximum absolute atomic E-state index is 13.6. The normalized spacial score (nSPS) is 15.2. The van der Waals surface area contributed by atoms with Crippen LogP contribution in [0.1, 0.15) is 27.9 Å². The van der Waals surface area contributed by atoms with Crippen molar-refractivity contribution in [1.29, 1.82) is 5.26 Å². The smallest absolute Gasteiger partial charge is 0.257 e. The molecule has 0 bridgehead atoms. The molecule has 0 aromatic heterocycles. The molecule has 170 valence electrons. The van der Waals surface area contributed by atoms with E-state index in [9.17, 15) is 14.4 Å². The molecule has 4 rings (SSSR count). The van der Waals surface area contributed by atoms with Crippen molar-refractivity contribution in [1.82, 2.24) is 4.90 Å². The van der Waals surface area contributed by atoms with Crippen LogP contribution in [-0.4, -0.2) is 42.3 Å². The van der Waals surface area contributed by atoms with Crippen molar-refractivity contribution in [3.63, 3.8) is 0 Å². The third-order valence-electron chi connectivity index (χ3n) is 5.82. The second-order valence-electron chi connectivity index (χ2n) is 7.91. The summed E-state index contributed by atoms with van der Waals surface area (Å²) >= 11 is 0. The fourth-order valence-electron chi connectivity index (χ4n) is 4.03. The molecular formula is C27H23N3O4. The molecule has 7 heteroatoms. The molecule has 0 spiro atoms. The lowest BCUT2D eigenvalue weighted by molar-refractivity contribution is -0.122. The standard InChI is InChI=1S/C27H23N3O4/c1-34-23-9-5-8-21(16-23)26(32)29(15-14-19-6-3-2-4-7-19)24-17-25(31)30(27(24)33)22-12-10-20(18-28)11-13-22/h2-13,16,24H,14-15,17H2,1H3. The van der Waals surface area contributed by atoms with Gasteiger partial charge in [0.05, 0.1) is 30.9 Å². The number of nitrogens with zero attached hydrogens (tertiary/aromatic N) is 3. The Morgan fingerprint density at radius 2 is 1.79 bits per heavy atom. The van der Waals surface area contributed by atoms with E-state index in [4.69, 9.17) is 10.00 Å². The number of hydrogen-bond acceptors (Lipinski definition) is 5. The number of nitriles is 1. The van der Waals surface area contributed by atoms with Gasteiger partial charge in [0.15, 0.2) is 0 Å². The largest absolute Gasteiger partial charge is 0.497 e. The molecule has 0 aliphatic carbocycles. The van der Waals surface area contributed by atoms with Crippen LogP contribution in [0, 0.1) is 11.3 Å². The molecule has 3 aromatic carbocycles. The van der Waals surface area contributed by atoms with Crippen LogP contribution in [-0.2, 0) is 16.0 Å². The molecule has 3 amide bonds. The second-order valence-corrected chi connectivity index (χ2v) is 7.91. The molecule has 3 aromatic rings. The zero-order valence-electron chi connectivity index (χ0n) is 18.7. The summed E-state index contributed by atoms with van der Waals surface area (Å²) in [6.07, 6.45) is 0.425. The summed E-state index contributed by atoms with van der Waals surface area (Å²) < 4.78 is 5.25. The van der Waals surface area contributed by atoms with Gasteiger partial charge in [0, 0.05) is 12.1 Å². The number of imide groups is 1.